The van der Waals surface area contributed by atoms with E-state index in [1.54, 1.807) is 10.8 Å². The van der Waals surface area contributed by atoms with E-state index < -0.39 is 18.3 Å². The topological polar surface area (TPSA) is 66.8 Å². The Morgan fingerprint density at radius 3 is 2.34 bits per heavy atom. The first-order chi connectivity index (χ1) is 13.7. The molecule has 1 fully saturated rings. The van der Waals surface area contributed by atoms with Crippen molar-refractivity contribution in [1.29, 1.82) is 0 Å². The van der Waals surface area contributed by atoms with E-state index in [1.807, 2.05) is 64.1 Å². The fourth-order valence-electron chi connectivity index (χ4n) is 3.04. The van der Waals surface area contributed by atoms with Crippen LogP contribution in [0.4, 0.5) is 0 Å². The van der Waals surface area contributed by atoms with Crippen LogP contribution >= 0.6 is 0 Å². The van der Waals surface area contributed by atoms with Gasteiger partial charge in [0.25, 0.3) is 0 Å². The van der Waals surface area contributed by atoms with Crippen molar-refractivity contribution in [2.45, 2.75) is 64.9 Å². The summed E-state index contributed by atoms with van der Waals surface area (Å²) in [5, 5.41) is 0. The van der Waals surface area contributed by atoms with Gasteiger partial charge in [0.15, 0.2) is 0 Å². The Morgan fingerprint density at radius 1 is 1.07 bits per heavy atom. The van der Waals surface area contributed by atoms with Gasteiger partial charge < -0.3 is 18.6 Å². The van der Waals surface area contributed by atoms with Gasteiger partial charge in [0.05, 0.1) is 11.2 Å². The third-order valence-electron chi connectivity index (χ3n) is 5.57. The van der Waals surface area contributed by atoms with Crippen LogP contribution in [0.1, 0.15) is 46.1 Å². The van der Waals surface area contributed by atoms with Crippen molar-refractivity contribution in [2.75, 3.05) is 0 Å². The quantitative estimate of drug-likeness (QED) is 0.531. The van der Waals surface area contributed by atoms with Crippen LogP contribution in [0, 0.1) is 0 Å². The van der Waals surface area contributed by atoms with Crippen molar-refractivity contribution in [1.82, 2.24) is 4.57 Å². The fourth-order valence-corrected chi connectivity index (χ4v) is 3.04. The predicted octanol–water partition coefficient (Wildman–Crippen LogP) is 2.67. The fraction of sp³-hybridized carbons (Fsp3) is 0.455. The Bertz CT molecular complexity index is 891. The molecule has 3 rings (SSSR count). The van der Waals surface area contributed by atoms with Gasteiger partial charge in [-0.15, -0.1) is 0 Å². The summed E-state index contributed by atoms with van der Waals surface area (Å²) in [6.07, 6.45) is 2.51. The molecular formula is C22H28BNO5. The van der Waals surface area contributed by atoms with Gasteiger partial charge in [0, 0.05) is 25.2 Å². The summed E-state index contributed by atoms with van der Waals surface area (Å²) >= 11 is 0. The highest BCUT2D eigenvalue weighted by Gasteiger charge is 2.51. The van der Waals surface area contributed by atoms with E-state index in [1.165, 1.54) is 6.07 Å². The van der Waals surface area contributed by atoms with Crippen molar-refractivity contribution >= 4 is 18.6 Å². The van der Waals surface area contributed by atoms with Crippen LogP contribution in [-0.2, 0) is 32.0 Å². The molecule has 2 aromatic rings. The second-order valence-electron chi connectivity index (χ2n) is 8.33. The molecule has 7 heteroatoms. The number of aromatic nitrogens is 1. The van der Waals surface area contributed by atoms with Crippen LogP contribution in [0.15, 0.2) is 53.5 Å². The summed E-state index contributed by atoms with van der Waals surface area (Å²) in [7, 11) is -0.560. The lowest BCUT2D eigenvalue weighted by atomic mass is 9.80. The highest BCUT2D eigenvalue weighted by atomic mass is 16.7. The normalized spacial score (nSPS) is 17.3. The van der Waals surface area contributed by atoms with Crippen LogP contribution in [-0.4, -0.2) is 28.9 Å². The van der Waals surface area contributed by atoms with Crippen LogP contribution < -0.4 is 11.0 Å². The van der Waals surface area contributed by atoms with E-state index in [2.05, 4.69) is 0 Å². The van der Waals surface area contributed by atoms with E-state index >= 15 is 0 Å². The number of nitrogens with zero attached hydrogens (tertiary/aromatic N) is 1. The van der Waals surface area contributed by atoms with Gasteiger partial charge in [-0.2, -0.15) is 0 Å². The molecule has 0 bridgehead atoms. The number of hydrogen-bond acceptors (Lipinski definition) is 5. The average Bonchev–Trinajstić information content (AvgIpc) is 2.89. The number of pyridine rings is 1. The van der Waals surface area contributed by atoms with Gasteiger partial charge in [-0.25, -0.2) is 0 Å². The van der Waals surface area contributed by atoms with Crippen LogP contribution in [0.2, 0.25) is 0 Å². The van der Waals surface area contributed by atoms with Gasteiger partial charge in [-0.1, -0.05) is 30.3 Å². The van der Waals surface area contributed by atoms with E-state index in [9.17, 15) is 9.59 Å². The van der Waals surface area contributed by atoms with Crippen molar-refractivity contribution in [3.05, 3.63) is 64.6 Å². The second kappa shape index (κ2) is 8.55. The maximum atomic E-state index is 12.4. The van der Waals surface area contributed by atoms with Crippen LogP contribution in [0.5, 0.6) is 0 Å². The maximum Gasteiger partial charge on any atom is 0.495 e. The minimum atomic E-state index is -0.560. The number of carbonyl (C=O) groups excluding carboxylic acids is 1. The Hall–Kier alpha value is -2.38. The summed E-state index contributed by atoms with van der Waals surface area (Å²) in [4.78, 5) is 24.3. The molecule has 1 aliphatic rings. The summed E-state index contributed by atoms with van der Waals surface area (Å²) < 4.78 is 18.8. The molecule has 0 radical (unpaired) electrons. The van der Waals surface area contributed by atoms with E-state index in [-0.39, 0.29) is 24.6 Å². The summed E-state index contributed by atoms with van der Waals surface area (Å²) in [6, 6.07) is 12.9. The maximum absolute atomic E-state index is 12.4. The number of carbonyl (C=O) groups is 1. The van der Waals surface area contributed by atoms with Gasteiger partial charge in [-0.3, -0.25) is 9.59 Å². The molecule has 1 aliphatic heterocycles. The number of ether oxygens (including phenoxy) is 1. The number of hydrogen-bond donors (Lipinski definition) is 0. The van der Waals surface area contributed by atoms with Gasteiger partial charge in [0.1, 0.15) is 6.61 Å². The summed E-state index contributed by atoms with van der Waals surface area (Å²) in [6.45, 7) is 8.62. The van der Waals surface area contributed by atoms with Crippen molar-refractivity contribution in [2.24, 2.45) is 0 Å². The number of rotatable bonds is 7. The number of esters is 1. The Morgan fingerprint density at radius 2 is 1.72 bits per heavy atom. The van der Waals surface area contributed by atoms with Gasteiger partial charge in [-0.05, 0) is 51.2 Å². The zero-order chi connectivity index (χ0) is 21.1. The molecule has 154 valence electrons. The van der Waals surface area contributed by atoms with Crippen molar-refractivity contribution in [3.8, 4) is 0 Å². The Labute approximate surface area is 171 Å². The standard InChI is InChI=1S/C22H28BNO5/c1-21(2)22(3,4)29-23(28-21)18-12-14-24(19(25)15-18)13-8-11-20(26)27-16-17-9-6-5-7-10-17/h5-7,9-10,12,14-15H,8,11,13,16H2,1-4H3. The second-order valence-corrected chi connectivity index (χ2v) is 8.33. The average molecular weight is 397 g/mol. The molecule has 0 spiro atoms. The minimum Gasteiger partial charge on any atom is -0.461 e. The molecule has 29 heavy (non-hydrogen) atoms. The molecule has 1 saturated heterocycles. The number of benzene rings is 1. The minimum absolute atomic E-state index is 0.144. The molecule has 2 heterocycles. The first-order valence-electron chi connectivity index (χ1n) is 9.93. The molecule has 0 aliphatic carbocycles. The largest absolute Gasteiger partial charge is 0.495 e. The SMILES string of the molecule is CC1(C)OB(c2ccn(CCCC(=O)OCc3ccccc3)c(=O)c2)OC1(C)C. The predicted molar refractivity (Wildman–Crippen MR) is 112 cm³/mol. The molecule has 0 amide bonds. The molecular weight excluding hydrogens is 369 g/mol. The summed E-state index contributed by atoms with van der Waals surface area (Å²) in [5.74, 6) is -0.268. The molecule has 0 atom stereocenters. The first kappa shape index (κ1) is 21.3. The Balaban J connectivity index is 1.50. The Kier molecular flexibility index (Phi) is 6.29. The molecule has 6 nitrogen and oxygen atoms in total. The van der Waals surface area contributed by atoms with E-state index in [0.29, 0.717) is 18.4 Å². The third kappa shape index (κ3) is 5.16. The van der Waals surface area contributed by atoms with Crippen molar-refractivity contribution < 1.29 is 18.8 Å². The van der Waals surface area contributed by atoms with Crippen LogP contribution in [0.3, 0.4) is 0 Å². The number of aryl methyl sites for hydroxylation is 1. The molecule has 0 unspecified atom stereocenters. The lowest BCUT2D eigenvalue weighted by molar-refractivity contribution is -0.145. The lowest BCUT2D eigenvalue weighted by Crippen LogP contribution is -2.41. The molecule has 0 N–H and O–H groups in total. The summed E-state index contributed by atoms with van der Waals surface area (Å²) in [5.41, 5.74) is 0.608. The molecule has 0 saturated carbocycles. The smallest absolute Gasteiger partial charge is 0.461 e. The van der Waals surface area contributed by atoms with Crippen molar-refractivity contribution in [3.63, 3.8) is 0 Å². The first-order valence-corrected chi connectivity index (χ1v) is 9.93. The van der Waals surface area contributed by atoms with Gasteiger partial charge in [0.2, 0.25) is 5.56 Å². The third-order valence-corrected chi connectivity index (χ3v) is 5.57. The highest BCUT2D eigenvalue weighted by Crippen LogP contribution is 2.36. The highest BCUT2D eigenvalue weighted by molar-refractivity contribution is 6.62. The zero-order valence-corrected chi connectivity index (χ0v) is 17.5. The zero-order valence-electron chi connectivity index (χ0n) is 17.5. The molecule has 1 aromatic heterocycles. The van der Waals surface area contributed by atoms with E-state index in [0.717, 1.165) is 5.56 Å². The lowest BCUT2D eigenvalue weighted by Gasteiger charge is -2.32. The monoisotopic (exact) mass is 397 g/mol. The van der Waals surface area contributed by atoms with Crippen LogP contribution in [0.25, 0.3) is 0 Å². The van der Waals surface area contributed by atoms with Gasteiger partial charge >= 0.3 is 13.1 Å². The van der Waals surface area contributed by atoms with E-state index in [4.69, 9.17) is 14.0 Å². The molecule has 1 aromatic carbocycles.